The number of fused-ring (bicyclic) bond motifs is 1. The van der Waals surface area contributed by atoms with Crippen molar-refractivity contribution in [3.8, 4) is 0 Å². The van der Waals surface area contributed by atoms with Crippen molar-refractivity contribution in [2.75, 3.05) is 13.7 Å². The molecular weight excluding hydrogens is 264 g/mol. The van der Waals surface area contributed by atoms with E-state index in [2.05, 4.69) is 51.3 Å². The number of hydrogen-bond donors (Lipinski definition) is 1. The maximum atomic E-state index is 5.36. The highest BCUT2D eigenvalue weighted by Gasteiger charge is 2.23. The molecule has 5 heteroatoms. The maximum Gasteiger partial charge on any atom is 0.149 e. The number of methoxy groups -OCH3 is 1. The minimum atomic E-state index is 0.143. The summed E-state index contributed by atoms with van der Waals surface area (Å²) in [7, 11) is 1.73. The second-order valence-electron chi connectivity index (χ2n) is 5.54. The van der Waals surface area contributed by atoms with Gasteiger partial charge in [-0.15, -0.1) is 10.2 Å². The Labute approximate surface area is 125 Å². The molecule has 1 aliphatic heterocycles. The van der Waals surface area contributed by atoms with Gasteiger partial charge in [0.25, 0.3) is 0 Å². The molecule has 2 aromatic rings. The van der Waals surface area contributed by atoms with Gasteiger partial charge in [-0.1, -0.05) is 30.3 Å². The third kappa shape index (κ3) is 2.99. The zero-order valence-electron chi connectivity index (χ0n) is 12.6. The van der Waals surface area contributed by atoms with Gasteiger partial charge >= 0.3 is 0 Å². The normalized spacial score (nSPS) is 16.7. The molecule has 0 saturated heterocycles. The van der Waals surface area contributed by atoms with Gasteiger partial charge in [-0.25, -0.2) is 0 Å². The lowest BCUT2D eigenvalue weighted by atomic mass is 10.1. The number of benzene rings is 1. The first kappa shape index (κ1) is 14.2. The van der Waals surface area contributed by atoms with Crippen LogP contribution in [0.3, 0.4) is 0 Å². The predicted molar refractivity (Wildman–Crippen MR) is 81.0 cm³/mol. The lowest BCUT2D eigenvalue weighted by Gasteiger charge is -2.23. The van der Waals surface area contributed by atoms with Crippen LogP contribution >= 0.6 is 0 Å². The maximum absolute atomic E-state index is 5.36. The van der Waals surface area contributed by atoms with Crippen molar-refractivity contribution in [3.63, 3.8) is 0 Å². The Morgan fingerprint density at radius 1 is 1.29 bits per heavy atom. The Morgan fingerprint density at radius 3 is 2.86 bits per heavy atom. The number of rotatable bonds is 6. The van der Waals surface area contributed by atoms with Gasteiger partial charge in [0, 0.05) is 20.1 Å². The quantitative estimate of drug-likeness (QED) is 0.885. The fourth-order valence-corrected chi connectivity index (χ4v) is 2.96. The lowest BCUT2D eigenvalue weighted by Crippen LogP contribution is -2.29. The first-order valence-electron chi connectivity index (χ1n) is 7.51. The van der Waals surface area contributed by atoms with Crippen LogP contribution in [0.5, 0.6) is 0 Å². The van der Waals surface area contributed by atoms with E-state index >= 15 is 0 Å². The van der Waals surface area contributed by atoms with Crippen LogP contribution in [0, 0.1) is 0 Å². The number of nitrogens with one attached hydrogen (secondary N) is 1. The van der Waals surface area contributed by atoms with Crippen molar-refractivity contribution in [2.24, 2.45) is 0 Å². The Morgan fingerprint density at radius 2 is 2.10 bits per heavy atom. The number of aryl methyl sites for hydroxylation is 1. The van der Waals surface area contributed by atoms with E-state index in [1.165, 1.54) is 12.0 Å². The van der Waals surface area contributed by atoms with Crippen LogP contribution in [0.25, 0.3) is 0 Å². The van der Waals surface area contributed by atoms with Gasteiger partial charge in [0.1, 0.15) is 11.6 Å². The Balaban J connectivity index is 1.76. The highest BCUT2D eigenvalue weighted by atomic mass is 16.5. The highest BCUT2D eigenvalue weighted by Crippen LogP contribution is 2.22. The number of nitrogens with zero attached hydrogens (tertiary/aromatic N) is 3. The molecule has 5 nitrogen and oxygen atoms in total. The number of aromatic nitrogens is 3. The summed E-state index contributed by atoms with van der Waals surface area (Å²) >= 11 is 0. The van der Waals surface area contributed by atoms with Crippen LogP contribution in [0.4, 0.5) is 0 Å². The van der Waals surface area contributed by atoms with Gasteiger partial charge in [0.2, 0.25) is 0 Å². The first-order valence-corrected chi connectivity index (χ1v) is 7.51. The fourth-order valence-electron chi connectivity index (χ4n) is 2.96. The van der Waals surface area contributed by atoms with Crippen molar-refractivity contribution in [2.45, 2.75) is 38.4 Å². The SMILES string of the molecule is COCC(NC(C)c1nnc2n1CCC2)c1ccccc1. The molecule has 0 saturated carbocycles. The van der Waals surface area contributed by atoms with Gasteiger partial charge in [0.05, 0.1) is 18.7 Å². The van der Waals surface area contributed by atoms with E-state index < -0.39 is 0 Å². The van der Waals surface area contributed by atoms with Crippen molar-refractivity contribution in [1.29, 1.82) is 0 Å². The molecular formula is C16H22N4O. The molecule has 1 N–H and O–H groups in total. The monoisotopic (exact) mass is 286 g/mol. The zero-order valence-corrected chi connectivity index (χ0v) is 12.6. The summed E-state index contributed by atoms with van der Waals surface area (Å²) in [6.07, 6.45) is 2.21. The summed E-state index contributed by atoms with van der Waals surface area (Å²) in [5.41, 5.74) is 1.23. The Kier molecular flexibility index (Phi) is 4.31. The molecule has 2 heterocycles. The van der Waals surface area contributed by atoms with E-state index in [1.54, 1.807) is 7.11 Å². The standard InChI is InChI=1S/C16H22N4O/c1-12(16-19-18-15-9-6-10-20(15)16)17-14(11-21-2)13-7-4-3-5-8-13/h3-5,7-8,12,14,17H,6,9-11H2,1-2H3. The second-order valence-corrected chi connectivity index (χ2v) is 5.54. The molecule has 3 rings (SSSR count). The van der Waals surface area contributed by atoms with Crippen LogP contribution in [-0.2, 0) is 17.7 Å². The van der Waals surface area contributed by atoms with Crippen LogP contribution in [0.15, 0.2) is 30.3 Å². The molecule has 21 heavy (non-hydrogen) atoms. The molecule has 0 radical (unpaired) electrons. The summed E-state index contributed by atoms with van der Waals surface area (Å²) in [6, 6.07) is 10.7. The van der Waals surface area contributed by atoms with Crippen LogP contribution < -0.4 is 5.32 Å². The number of ether oxygens (including phenoxy) is 1. The molecule has 2 unspecified atom stereocenters. The van der Waals surface area contributed by atoms with Gasteiger partial charge in [-0.2, -0.15) is 0 Å². The molecule has 1 aliphatic rings. The molecule has 2 atom stereocenters. The third-order valence-corrected chi connectivity index (χ3v) is 4.01. The molecule has 1 aromatic heterocycles. The van der Waals surface area contributed by atoms with E-state index in [1.807, 2.05) is 6.07 Å². The lowest BCUT2D eigenvalue weighted by molar-refractivity contribution is 0.161. The van der Waals surface area contributed by atoms with Crippen molar-refractivity contribution in [3.05, 3.63) is 47.5 Å². The molecule has 0 fully saturated rings. The smallest absolute Gasteiger partial charge is 0.149 e. The van der Waals surface area contributed by atoms with E-state index in [0.717, 1.165) is 24.6 Å². The van der Waals surface area contributed by atoms with Crippen LogP contribution in [-0.4, -0.2) is 28.5 Å². The molecule has 0 aliphatic carbocycles. The van der Waals surface area contributed by atoms with E-state index in [9.17, 15) is 0 Å². The van der Waals surface area contributed by atoms with Gasteiger partial charge in [-0.3, -0.25) is 5.32 Å². The Bertz CT molecular complexity index is 581. The average Bonchev–Trinajstić information content (AvgIpc) is 3.10. The van der Waals surface area contributed by atoms with E-state index in [0.29, 0.717) is 6.61 Å². The van der Waals surface area contributed by atoms with E-state index in [4.69, 9.17) is 4.74 Å². The minimum absolute atomic E-state index is 0.143. The zero-order chi connectivity index (χ0) is 14.7. The average molecular weight is 286 g/mol. The molecule has 0 amide bonds. The molecule has 0 spiro atoms. The van der Waals surface area contributed by atoms with Crippen molar-refractivity contribution in [1.82, 2.24) is 20.1 Å². The summed E-state index contributed by atoms with van der Waals surface area (Å²) in [5, 5.41) is 12.3. The minimum Gasteiger partial charge on any atom is -0.383 e. The third-order valence-electron chi connectivity index (χ3n) is 4.01. The largest absolute Gasteiger partial charge is 0.383 e. The summed E-state index contributed by atoms with van der Waals surface area (Å²) in [5.74, 6) is 2.14. The van der Waals surface area contributed by atoms with Crippen LogP contribution in [0.2, 0.25) is 0 Å². The van der Waals surface area contributed by atoms with Gasteiger partial charge in [0.15, 0.2) is 0 Å². The Hall–Kier alpha value is -1.72. The molecule has 0 bridgehead atoms. The second kappa shape index (κ2) is 6.37. The first-order chi connectivity index (χ1) is 10.3. The van der Waals surface area contributed by atoms with Crippen LogP contribution in [0.1, 0.15) is 42.6 Å². The summed E-state index contributed by atoms with van der Waals surface area (Å²) in [6.45, 7) is 3.81. The fraction of sp³-hybridized carbons (Fsp3) is 0.500. The van der Waals surface area contributed by atoms with Gasteiger partial charge in [-0.05, 0) is 18.9 Å². The van der Waals surface area contributed by atoms with Crippen molar-refractivity contribution < 1.29 is 4.74 Å². The van der Waals surface area contributed by atoms with E-state index in [-0.39, 0.29) is 12.1 Å². The van der Waals surface area contributed by atoms with Crippen molar-refractivity contribution >= 4 is 0 Å². The molecule has 112 valence electrons. The molecule has 1 aromatic carbocycles. The predicted octanol–water partition coefficient (Wildman–Crippen LogP) is 2.26. The number of hydrogen-bond acceptors (Lipinski definition) is 4. The topological polar surface area (TPSA) is 52.0 Å². The van der Waals surface area contributed by atoms with Gasteiger partial charge < -0.3 is 9.30 Å². The summed E-state index contributed by atoms with van der Waals surface area (Å²) in [4.78, 5) is 0. The highest BCUT2D eigenvalue weighted by molar-refractivity contribution is 5.19. The summed E-state index contributed by atoms with van der Waals surface area (Å²) < 4.78 is 7.61.